The van der Waals surface area contributed by atoms with Crippen LogP contribution in [0.4, 0.5) is 5.69 Å². The van der Waals surface area contributed by atoms with Crippen molar-refractivity contribution in [2.45, 2.75) is 58.6 Å². The molecule has 28 heavy (non-hydrogen) atoms. The molecule has 0 spiro atoms. The number of anilines is 1. The van der Waals surface area contributed by atoms with Gasteiger partial charge < -0.3 is 15.0 Å². The van der Waals surface area contributed by atoms with Crippen molar-refractivity contribution in [1.82, 2.24) is 5.32 Å². The highest BCUT2D eigenvalue weighted by Crippen LogP contribution is 2.25. The summed E-state index contributed by atoms with van der Waals surface area (Å²) in [5, 5.41) is 2.91. The van der Waals surface area contributed by atoms with Gasteiger partial charge in [-0.2, -0.15) is 0 Å². The van der Waals surface area contributed by atoms with Crippen molar-refractivity contribution in [2.24, 2.45) is 0 Å². The molecule has 0 aromatic heterocycles. The molecule has 0 bridgehead atoms. The molecule has 1 heterocycles. The zero-order valence-corrected chi connectivity index (χ0v) is 17.3. The Morgan fingerprint density at radius 2 is 1.75 bits per heavy atom. The van der Waals surface area contributed by atoms with Gasteiger partial charge >= 0.3 is 0 Å². The highest BCUT2D eigenvalue weighted by Gasteiger charge is 2.21. The number of hydrogen-bond acceptors (Lipinski definition) is 3. The van der Waals surface area contributed by atoms with Crippen molar-refractivity contribution in [3.05, 3.63) is 59.7 Å². The summed E-state index contributed by atoms with van der Waals surface area (Å²) in [6.07, 6.45) is 4.66. The average molecular weight is 381 g/mol. The minimum Gasteiger partial charge on any atom is -0.490 e. The number of nitrogens with zero attached hydrogens (tertiary/aromatic N) is 1. The number of ether oxygens (including phenoxy) is 1. The Balaban J connectivity index is 1.49. The van der Waals surface area contributed by atoms with Crippen LogP contribution in [0.25, 0.3) is 0 Å². The third-order valence-electron chi connectivity index (χ3n) is 5.38. The summed E-state index contributed by atoms with van der Waals surface area (Å²) < 4.78 is 6.19. The van der Waals surface area contributed by atoms with Gasteiger partial charge in [0.25, 0.3) is 0 Å². The third kappa shape index (κ3) is 5.51. The largest absolute Gasteiger partial charge is 0.490 e. The number of amides is 1. The molecule has 1 amide bonds. The van der Waals surface area contributed by atoms with Gasteiger partial charge in [-0.3, -0.25) is 4.79 Å². The third-order valence-corrected chi connectivity index (χ3v) is 5.38. The molecule has 1 atom stereocenters. The maximum Gasteiger partial charge on any atom is 0.217 e. The quantitative estimate of drug-likeness (QED) is 0.744. The van der Waals surface area contributed by atoms with Crippen LogP contribution in [-0.2, 0) is 11.2 Å². The zero-order valence-electron chi connectivity index (χ0n) is 17.3. The summed E-state index contributed by atoms with van der Waals surface area (Å²) in [6, 6.07) is 17.1. The van der Waals surface area contributed by atoms with Crippen LogP contribution >= 0.6 is 0 Å². The Labute approximate surface area is 168 Å². The fraction of sp³-hybridized carbons (Fsp3) is 0.458. The van der Waals surface area contributed by atoms with E-state index in [4.69, 9.17) is 4.74 Å². The van der Waals surface area contributed by atoms with Crippen LogP contribution < -0.4 is 15.0 Å². The number of piperidine rings is 1. The van der Waals surface area contributed by atoms with Gasteiger partial charge in [0.05, 0.1) is 6.04 Å². The second-order valence-electron chi connectivity index (χ2n) is 7.71. The van der Waals surface area contributed by atoms with E-state index in [1.54, 1.807) is 6.92 Å². The van der Waals surface area contributed by atoms with E-state index in [1.807, 2.05) is 31.2 Å². The summed E-state index contributed by atoms with van der Waals surface area (Å²) in [5.74, 6) is 0.890. The number of rotatable bonds is 7. The molecule has 1 fully saturated rings. The minimum absolute atomic E-state index is 0.0125. The summed E-state index contributed by atoms with van der Waals surface area (Å²) in [7, 11) is 0. The van der Waals surface area contributed by atoms with Gasteiger partial charge in [0.15, 0.2) is 0 Å². The first-order valence-corrected chi connectivity index (χ1v) is 10.4. The molecule has 150 valence electrons. The van der Waals surface area contributed by atoms with Gasteiger partial charge in [0.1, 0.15) is 11.9 Å². The Bertz CT molecular complexity index is 747. The van der Waals surface area contributed by atoms with E-state index in [1.165, 1.54) is 17.7 Å². The van der Waals surface area contributed by atoms with Crippen molar-refractivity contribution < 1.29 is 9.53 Å². The Morgan fingerprint density at radius 1 is 1.11 bits per heavy atom. The van der Waals surface area contributed by atoms with Crippen LogP contribution in [0, 0.1) is 0 Å². The van der Waals surface area contributed by atoms with Gasteiger partial charge in [0, 0.05) is 38.5 Å². The fourth-order valence-corrected chi connectivity index (χ4v) is 3.81. The molecule has 1 aliphatic heterocycles. The predicted octanol–water partition coefficient (Wildman–Crippen LogP) is 4.88. The molecule has 0 aliphatic carbocycles. The van der Waals surface area contributed by atoms with E-state index in [0.717, 1.165) is 43.7 Å². The molecule has 1 saturated heterocycles. The second kappa shape index (κ2) is 9.63. The van der Waals surface area contributed by atoms with Crippen molar-refractivity contribution in [2.75, 3.05) is 18.0 Å². The molecular formula is C24H32N2O2. The molecule has 1 aliphatic rings. The molecule has 2 aromatic rings. The first-order valence-electron chi connectivity index (χ1n) is 10.4. The van der Waals surface area contributed by atoms with Crippen molar-refractivity contribution in [3.63, 3.8) is 0 Å². The van der Waals surface area contributed by atoms with Gasteiger partial charge in [-0.1, -0.05) is 37.6 Å². The lowest BCUT2D eigenvalue weighted by atomic mass is 10.0. The number of nitrogens with one attached hydrogen (secondary N) is 1. The SMILES string of the molecule is CCCc1ccc(N2CCC(Oc3ccc(C(C)NC(C)=O)cc3)CC2)cc1. The number of carbonyl (C=O) groups excluding carboxylic acids is 1. The summed E-state index contributed by atoms with van der Waals surface area (Å²) in [4.78, 5) is 13.6. The van der Waals surface area contributed by atoms with E-state index >= 15 is 0 Å². The Morgan fingerprint density at radius 3 is 2.32 bits per heavy atom. The summed E-state index contributed by atoms with van der Waals surface area (Å²) in [5.41, 5.74) is 3.82. The van der Waals surface area contributed by atoms with Gasteiger partial charge in [-0.15, -0.1) is 0 Å². The average Bonchev–Trinajstić information content (AvgIpc) is 2.69. The van der Waals surface area contributed by atoms with Crippen LogP contribution in [0.15, 0.2) is 48.5 Å². The van der Waals surface area contributed by atoms with E-state index in [2.05, 4.69) is 41.4 Å². The van der Waals surface area contributed by atoms with Crippen molar-refractivity contribution in [3.8, 4) is 5.75 Å². The topological polar surface area (TPSA) is 41.6 Å². The maximum absolute atomic E-state index is 11.2. The highest BCUT2D eigenvalue weighted by molar-refractivity contribution is 5.73. The predicted molar refractivity (Wildman–Crippen MR) is 115 cm³/mol. The molecule has 4 nitrogen and oxygen atoms in total. The second-order valence-corrected chi connectivity index (χ2v) is 7.71. The van der Waals surface area contributed by atoms with Gasteiger partial charge in [0.2, 0.25) is 5.91 Å². The molecular weight excluding hydrogens is 348 g/mol. The first kappa shape index (κ1) is 20.2. The summed E-state index contributed by atoms with van der Waals surface area (Å²) >= 11 is 0. The lowest BCUT2D eigenvalue weighted by Crippen LogP contribution is -2.38. The minimum atomic E-state index is -0.0143. The number of hydrogen-bond donors (Lipinski definition) is 1. The lowest BCUT2D eigenvalue weighted by Gasteiger charge is -2.34. The van der Waals surface area contributed by atoms with Crippen LogP contribution in [0.3, 0.4) is 0 Å². The maximum atomic E-state index is 11.2. The summed E-state index contributed by atoms with van der Waals surface area (Å²) in [6.45, 7) is 7.79. The van der Waals surface area contributed by atoms with Crippen LogP contribution in [-0.4, -0.2) is 25.1 Å². The van der Waals surface area contributed by atoms with Crippen LogP contribution in [0.2, 0.25) is 0 Å². The lowest BCUT2D eigenvalue weighted by molar-refractivity contribution is -0.119. The Kier molecular flexibility index (Phi) is 6.96. The Hall–Kier alpha value is -2.49. The monoisotopic (exact) mass is 380 g/mol. The van der Waals surface area contributed by atoms with Gasteiger partial charge in [-0.05, 0) is 48.7 Å². The van der Waals surface area contributed by atoms with E-state index in [0.29, 0.717) is 0 Å². The number of benzene rings is 2. The number of carbonyl (C=O) groups is 1. The zero-order chi connectivity index (χ0) is 19.9. The standard InChI is InChI=1S/C24H32N2O2/c1-4-5-20-6-10-22(11-7-20)26-16-14-24(15-17-26)28-23-12-8-21(9-13-23)18(2)25-19(3)27/h6-13,18,24H,4-5,14-17H2,1-3H3,(H,25,27). The van der Waals surface area contributed by atoms with E-state index < -0.39 is 0 Å². The van der Waals surface area contributed by atoms with Crippen LogP contribution in [0.1, 0.15) is 57.2 Å². The molecule has 3 rings (SSSR count). The van der Waals surface area contributed by atoms with E-state index in [9.17, 15) is 4.79 Å². The number of aryl methyl sites for hydroxylation is 1. The van der Waals surface area contributed by atoms with Crippen molar-refractivity contribution in [1.29, 1.82) is 0 Å². The van der Waals surface area contributed by atoms with Gasteiger partial charge in [-0.25, -0.2) is 0 Å². The molecule has 4 heteroatoms. The molecule has 1 unspecified atom stereocenters. The molecule has 2 aromatic carbocycles. The van der Waals surface area contributed by atoms with E-state index in [-0.39, 0.29) is 18.1 Å². The molecule has 0 radical (unpaired) electrons. The van der Waals surface area contributed by atoms with Crippen LogP contribution in [0.5, 0.6) is 5.75 Å². The van der Waals surface area contributed by atoms with Crippen molar-refractivity contribution >= 4 is 11.6 Å². The highest BCUT2D eigenvalue weighted by atomic mass is 16.5. The molecule has 0 saturated carbocycles. The smallest absolute Gasteiger partial charge is 0.217 e. The molecule has 1 N–H and O–H groups in total. The fourth-order valence-electron chi connectivity index (χ4n) is 3.81. The first-order chi connectivity index (χ1) is 13.5. The normalized spacial score (nSPS) is 15.9.